The summed E-state index contributed by atoms with van der Waals surface area (Å²) in [5.41, 5.74) is 7.62. The van der Waals surface area contributed by atoms with Crippen LogP contribution in [-0.2, 0) is 16.8 Å². The standard InChI is InChI=1S/C16H20.C15H16O/c1-5-10-14(11-6-2)16(3,4)15-12-8-7-9-13-15;1-12-3-7-14(8-4-12)15-9-5-13(6-10-15)11-16-2/h5-13H,1H2,2-4H3;3-10H,11H2,1-2H3/b11-6-,14-10+;. The third-order valence-electron chi connectivity index (χ3n) is 5.51. The molecule has 0 spiro atoms. The molecule has 0 radical (unpaired) electrons. The van der Waals surface area contributed by atoms with Crippen molar-refractivity contribution in [2.75, 3.05) is 7.11 Å². The Balaban J connectivity index is 0.000000227. The van der Waals surface area contributed by atoms with Crippen molar-refractivity contribution in [1.82, 2.24) is 0 Å². The first-order chi connectivity index (χ1) is 15.4. The van der Waals surface area contributed by atoms with Crippen molar-refractivity contribution in [3.8, 4) is 11.1 Å². The van der Waals surface area contributed by atoms with Gasteiger partial charge in [-0.2, -0.15) is 0 Å². The summed E-state index contributed by atoms with van der Waals surface area (Å²) < 4.78 is 5.09. The highest BCUT2D eigenvalue weighted by Crippen LogP contribution is 2.32. The van der Waals surface area contributed by atoms with Gasteiger partial charge in [-0.15, -0.1) is 0 Å². The van der Waals surface area contributed by atoms with Crippen LogP contribution < -0.4 is 0 Å². The van der Waals surface area contributed by atoms with E-state index in [-0.39, 0.29) is 5.41 Å². The predicted octanol–water partition coefficient (Wildman–Crippen LogP) is 8.46. The number of allylic oxidation sites excluding steroid dienone is 5. The first-order valence-corrected chi connectivity index (χ1v) is 11.1. The number of methoxy groups -OCH3 is 1. The van der Waals surface area contributed by atoms with Crippen LogP contribution in [0.4, 0.5) is 0 Å². The second-order valence-corrected chi connectivity index (χ2v) is 8.34. The quantitative estimate of drug-likeness (QED) is 0.346. The molecule has 0 unspecified atom stereocenters. The Bertz CT molecular complexity index is 1000. The predicted molar refractivity (Wildman–Crippen MR) is 140 cm³/mol. The van der Waals surface area contributed by atoms with E-state index in [1.807, 2.05) is 19.1 Å². The topological polar surface area (TPSA) is 9.23 Å². The molecule has 0 fully saturated rings. The minimum absolute atomic E-state index is 0.0158. The number of rotatable bonds is 7. The van der Waals surface area contributed by atoms with Crippen molar-refractivity contribution < 1.29 is 4.74 Å². The SMILES string of the molecule is C=C/C=C(\C=C/C)C(C)(C)c1ccccc1.COCc1ccc(-c2ccc(C)cc2)cc1. The summed E-state index contributed by atoms with van der Waals surface area (Å²) in [6, 6.07) is 27.6. The maximum atomic E-state index is 5.09. The summed E-state index contributed by atoms with van der Waals surface area (Å²) in [5, 5.41) is 0. The molecular weight excluding hydrogens is 388 g/mol. The van der Waals surface area contributed by atoms with E-state index in [0.717, 1.165) is 0 Å². The van der Waals surface area contributed by atoms with E-state index in [1.54, 1.807) is 7.11 Å². The first-order valence-electron chi connectivity index (χ1n) is 11.1. The van der Waals surface area contributed by atoms with Crippen LogP contribution in [0.1, 0.15) is 37.5 Å². The Hall–Kier alpha value is -3.16. The fourth-order valence-electron chi connectivity index (χ4n) is 3.51. The molecular formula is C31H36O. The second-order valence-electron chi connectivity index (χ2n) is 8.34. The van der Waals surface area contributed by atoms with Gasteiger partial charge in [0.05, 0.1) is 6.61 Å². The van der Waals surface area contributed by atoms with Gasteiger partial charge in [0.2, 0.25) is 0 Å². The van der Waals surface area contributed by atoms with Gasteiger partial charge < -0.3 is 4.74 Å². The summed E-state index contributed by atoms with van der Waals surface area (Å²) in [7, 11) is 1.72. The molecule has 0 aliphatic rings. The van der Waals surface area contributed by atoms with Crippen LogP contribution >= 0.6 is 0 Å². The number of benzene rings is 3. The lowest BCUT2D eigenvalue weighted by Gasteiger charge is -2.27. The number of hydrogen-bond acceptors (Lipinski definition) is 1. The van der Waals surface area contributed by atoms with Crippen LogP contribution in [0.15, 0.2) is 115 Å². The normalized spacial score (nSPS) is 11.7. The molecule has 0 saturated carbocycles. The van der Waals surface area contributed by atoms with Crippen LogP contribution in [0.2, 0.25) is 0 Å². The zero-order valence-corrected chi connectivity index (χ0v) is 20.1. The Labute approximate surface area is 194 Å². The lowest BCUT2D eigenvalue weighted by molar-refractivity contribution is 0.185. The molecule has 3 aromatic rings. The van der Waals surface area contributed by atoms with Crippen molar-refractivity contribution in [3.63, 3.8) is 0 Å². The van der Waals surface area contributed by atoms with Crippen LogP contribution in [0.5, 0.6) is 0 Å². The Morgan fingerprint density at radius 2 is 1.44 bits per heavy atom. The lowest BCUT2D eigenvalue weighted by atomic mass is 9.77. The molecule has 3 aromatic carbocycles. The molecule has 0 atom stereocenters. The smallest absolute Gasteiger partial charge is 0.0713 e. The fourth-order valence-corrected chi connectivity index (χ4v) is 3.51. The van der Waals surface area contributed by atoms with Crippen LogP contribution in [0.25, 0.3) is 11.1 Å². The summed E-state index contributed by atoms with van der Waals surface area (Å²) in [5.74, 6) is 0. The van der Waals surface area contributed by atoms with Crippen LogP contribution in [-0.4, -0.2) is 7.11 Å². The molecule has 0 aromatic heterocycles. The molecule has 166 valence electrons. The maximum absolute atomic E-state index is 5.09. The average Bonchev–Trinajstić information content (AvgIpc) is 2.81. The van der Waals surface area contributed by atoms with Crippen molar-refractivity contribution in [1.29, 1.82) is 0 Å². The Morgan fingerprint density at radius 1 is 0.875 bits per heavy atom. The molecule has 0 heterocycles. The zero-order valence-electron chi connectivity index (χ0n) is 20.1. The molecule has 3 rings (SSSR count). The molecule has 0 aliphatic carbocycles. The average molecular weight is 425 g/mol. The monoisotopic (exact) mass is 424 g/mol. The van der Waals surface area contributed by atoms with E-state index in [4.69, 9.17) is 4.74 Å². The molecule has 1 nitrogen and oxygen atoms in total. The zero-order chi connectivity index (χ0) is 23.4. The minimum atomic E-state index is 0.0158. The van der Waals surface area contributed by atoms with Crippen LogP contribution in [0.3, 0.4) is 0 Å². The van der Waals surface area contributed by atoms with Gasteiger partial charge in [-0.1, -0.05) is 129 Å². The van der Waals surface area contributed by atoms with E-state index in [2.05, 4.69) is 118 Å². The van der Waals surface area contributed by atoms with E-state index >= 15 is 0 Å². The van der Waals surface area contributed by atoms with Gasteiger partial charge in [0.15, 0.2) is 0 Å². The number of ether oxygens (including phenoxy) is 1. The highest BCUT2D eigenvalue weighted by molar-refractivity contribution is 5.63. The lowest BCUT2D eigenvalue weighted by Crippen LogP contribution is -2.19. The summed E-state index contributed by atoms with van der Waals surface area (Å²) in [6.45, 7) is 13.1. The third-order valence-corrected chi connectivity index (χ3v) is 5.51. The fraction of sp³-hybridized carbons (Fsp3) is 0.226. The van der Waals surface area contributed by atoms with Gasteiger partial charge >= 0.3 is 0 Å². The Morgan fingerprint density at radius 3 is 1.94 bits per heavy atom. The first kappa shape index (κ1) is 25.1. The number of hydrogen-bond donors (Lipinski definition) is 0. The molecule has 0 amide bonds. The van der Waals surface area contributed by atoms with Gasteiger partial charge in [-0.05, 0) is 41.7 Å². The van der Waals surface area contributed by atoms with Gasteiger partial charge in [0, 0.05) is 12.5 Å². The van der Waals surface area contributed by atoms with Crippen molar-refractivity contribution in [2.45, 2.75) is 39.7 Å². The van der Waals surface area contributed by atoms with Gasteiger partial charge in [-0.3, -0.25) is 0 Å². The maximum Gasteiger partial charge on any atom is 0.0713 e. The van der Waals surface area contributed by atoms with E-state index < -0.39 is 0 Å². The summed E-state index contributed by atoms with van der Waals surface area (Å²) >= 11 is 0. The van der Waals surface area contributed by atoms with Crippen molar-refractivity contribution in [3.05, 3.63) is 132 Å². The van der Waals surface area contributed by atoms with Gasteiger partial charge in [0.25, 0.3) is 0 Å². The second kappa shape index (κ2) is 12.6. The van der Waals surface area contributed by atoms with Crippen molar-refractivity contribution >= 4 is 0 Å². The van der Waals surface area contributed by atoms with Gasteiger partial charge in [-0.25, -0.2) is 0 Å². The number of aryl methyl sites for hydroxylation is 1. The summed E-state index contributed by atoms with van der Waals surface area (Å²) in [6.07, 6.45) is 8.14. The highest BCUT2D eigenvalue weighted by atomic mass is 16.5. The van der Waals surface area contributed by atoms with Gasteiger partial charge in [0.1, 0.15) is 0 Å². The molecule has 0 aliphatic heterocycles. The van der Waals surface area contributed by atoms with Crippen LogP contribution in [0, 0.1) is 6.92 Å². The van der Waals surface area contributed by atoms with E-state index in [0.29, 0.717) is 6.61 Å². The van der Waals surface area contributed by atoms with E-state index in [1.165, 1.54) is 33.4 Å². The van der Waals surface area contributed by atoms with E-state index in [9.17, 15) is 0 Å². The minimum Gasteiger partial charge on any atom is -0.380 e. The molecule has 0 bridgehead atoms. The molecule has 32 heavy (non-hydrogen) atoms. The van der Waals surface area contributed by atoms with Crippen molar-refractivity contribution in [2.24, 2.45) is 0 Å². The third kappa shape index (κ3) is 7.21. The molecule has 1 heteroatoms. The molecule has 0 saturated heterocycles. The highest BCUT2D eigenvalue weighted by Gasteiger charge is 2.22. The largest absolute Gasteiger partial charge is 0.380 e. The summed E-state index contributed by atoms with van der Waals surface area (Å²) in [4.78, 5) is 0. The molecule has 0 N–H and O–H groups in total. The Kier molecular flexibility index (Phi) is 9.91.